The molecule has 0 radical (unpaired) electrons. The highest BCUT2D eigenvalue weighted by Gasteiger charge is 2.08. The Morgan fingerprint density at radius 1 is 1.29 bits per heavy atom. The maximum absolute atomic E-state index is 6.04. The molecular formula is C17H15ClN4OS. The van der Waals surface area contributed by atoms with Gasteiger partial charge in [-0.3, -0.25) is 0 Å². The van der Waals surface area contributed by atoms with E-state index in [1.54, 1.807) is 17.0 Å². The van der Waals surface area contributed by atoms with Crippen molar-refractivity contribution < 1.29 is 4.74 Å². The highest BCUT2D eigenvalue weighted by molar-refractivity contribution is 7.71. The second-order valence-electron chi connectivity index (χ2n) is 4.92. The second kappa shape index (κ2) is 7.42. The summed E-state index contributed by atoms with van der Waals surface area (Å²) in [6.45, 7) is 2.59. The topological polar surface area (TPSA) is 55.2 Å². The van der Waals surface area contributed by atoms with E-state index in [0.717, 1.165) is 16.9 Å². The van der Waals surface area contributed by atoms with Crippen LogP contribution in [0, 0.1) is 4.77 Å². The minimum absolute atomic E-state index is 0.409. The number of halogens is 1. The van der Waals surface area contributed by atoms with Gasteiger partial charge in [0.25, 0.3) is 0 Å². The van der Waals surface area contributed by atoms with Crippen LogP contribution < -0.4 is 4.74 Å². The van der Waals surface area contributed by atoms with Crippen LogP contribution in [0.25, 0.3) is 11.4 Å². The normalized spacial score (nSPS) is 11.1. The summed E-state index contributed by atoms with van der Waals surface area (Å²) in [6.07, 6.45) is 1.72. The fraction of sp³-hybridized carbons (Fsp3) is 0.118. The number of H-pyrrole nitrogens is 1. The monoisotopic (exact) mass is 358 g/mol. The third-order valence-corrected chi connectivity index (χ3v) is 3.75. The van der Waals surface area contributed by atoms with Gasteiger partial charge in [0.15, 0.2) is 5.82 Å². The highest BCUT2D eigenvalue weighted by atomic mass is 35.5. The van der Waals surface area contributed by atoms with Crippen molar-refractivity contribution in [3.63, 3.8) is 0 Å². The first-order chi connectivity index (χ1) is 11.7. The molecule has 3 rings (SSSR count). The summed E-state index contributed by atoms with van der Waals surface area (Å²) < 4.78 is 7.40. The zero-order valence-electron chi connectivity index (χ0n) is 12.9. The Labute approximate surface area is 149 Å². The summed E-state index contributed by atoms with van der Waals surface area (Å²) in [5.74, 6) is 1.43. The molecule has 7 heteroatoms. The van der Waals surface area contributed by atoms with Gasteiger partial charge in [-0.25, -0.2) is 5.10 Å². The molecule has 0 bridgehead atoms. The van der Waals surface area contributed by atoms with Crippen LogP contribution in [0.4, 0.5) is 0 Å². The fourth-order valence-corrected chi connectivity index (χ4v) is 2.52. The van der Waals surface area contributed by atoms with Gasteiger partial charge in [-0.1, -0.05) is 23.7 Å². The van der Waals surface area contributed by atoms with Crippen LogP contribution >= 0.6 is 23.8 Å². The molecule has 0 aliphatic heterocycles. The molecule has 0 aliphatic carbocycles. The minimum Gasteiger partial charge on any atom is -0.494 e. The number of aromatic amines is 1. The van der Waals surface area contributed by atoms with Gasteiger partial charge in [0.05, 0.1) is 12.8 Å². The van der Waals surface area contributed by atoms with Gasteiger partial charge in [0.2, 0.25) is 4.77 Å². The Balaban J connectivity index is 1.90. The third kappa shape index (κ3) is 3.72. The van der Waals surface area contributed by atoms with Crippen LogP contribution in [0.1, 0.15) is 12.5 Å². The summed E-state index contributed by atoms with van der Waals surface area (Å²) >= 11 is 11.3. The van der Waals surface area contributed by atoms with E-state index in [0.29, 0.717) is 22.2 Å². The maximum Gasteiger partial charge on any atom is 0.216 e. The quantitative estimate of drug-likeness (QED) is 0.538. The molecule has 1 aromatic heterocycles. The van der Waals surface area contributed by atoms with Crippen molar-refractivity contribution in [1.82, 2.24) is 14.9 Å². The number of hydrogen-bond acceptors (Lipinski definition) is 4. The molecule has 0 fully saturated rings. The number of nitrogens with one attached hydrogen (secondary N) is 1. The molecule has 0 unspecified atom stereocenters. The molecule has 3 aromatic rings. The van der Waals surface area contributed by atoms with Crippen LogP contribution in [0.3, 0.4) is 0 Å². The van der Waals surface area contributed by atoms with Gasteiger partial charge in [0, 0.05) is 10.6 Å². The Hall–Kier alpha value is -2.44. The Morgan fingerprint density at radius 2 is 2.08 bits per heavy atom. The molecule has 24 heavy (non-hydrogen) atoms. The first-order valence-corrected chi connectivity index (χ1v) is 8.16. The van der Waals surface area contributed by atoms with Crippen molar-refractivity contribution in [3.05, 3.63) is 63.9 Å². The summed E-state index contributed by atoms with van der Waals surface area (Å²) in [6, 6.07) is 15.0. The van der Waals surface area contributed by atoms with E-state index < -0.39 is 0 Å². The average Bonchev–Trinajstić information content (AvgIpc) is 2.95. The van der Waals surface area contributed by atoms with Gasteiger partial charge in [-0.2, -0.15) is 14.9 Å². The van der Waals surface area contributed by atoms with E-state index >= 15 is 0 Å². The first-order valence-electron chi connectivity index (χ1n) is 7.38. The van der Waals surface area contributed by atoms with Crippen LogP contribution in [0.15, 0.2) is 53.6 Å². The molecule has 0 atom stereocenters. The van der Waals surface area contributed by atoms with Crippen molar-refractivity contribution >= 4 is 30.0 Å². The average molecular weight is 359 g/mol. The van der Waals surface area contributed by atoms with Gasteiger partial charge >= 0.3 is 0 Å². The molecule has 5 nitrogen and oxygen atoms in total. The molecular weight excluding hydrogens is 344 g/mol. The lowest BCUT2D eigenvalue weighted by molar-refractivity contribution is 0.340. The summed E-state index contributed by atoms with van der Waals surface area (Å²) in [5.41, 5.74) is 1.76. The maximum atomic E-state index is 6.04. The van der Waals surface area contributed by atoms with Crippen molar-refractivity contribution in [1.29, 1.82) is 0 Å². The molecule has 0 saturated carbocycles. The van der Waals surface area contributed by atoms with Crippen molar-refractivity contribution in [2.75, 3.05) is 6.61 Å². The second-order valence-corrected chi connectivity index (χ2v) is 5.74. The lowest BCUT2D eigenvalue weighted by Gasteiger charge is -2.03. The number of benzene rings is 2. The van der Waals surface area contributed by atoms with E-state index in [1.165, 1.54) is 0 Å². The zero-order valence-corrected chi connectivity index (χ0v) is 14.5. The Bertz CT molecular complexity index is 915. The van der Waals surface area contributed by atoms with Gasteiger partial charge < -0.3 is 4.74 Å². The fourth-order valence-electron chi connectivity index (χ4n) is 2.15. The van der Waals surface area contributed by atoms with Gasteiger partial charge in [0.1, 0.15) is 5.75 Å². The summed E-state index contributed by atoms with van der Waals surface area (Å²) in [5, 5.41) is 12.0. The molecule has 0 aliphatic rings. The van der Waals surface area contributed by atoms with Crippen LogP contribution in [-0.2, 0) is 0 Å². The largest absolute Gasteiger partial charge is 0.494 e. The van der Waals surface area contributed by atoms with E-state index in [2.05, 4.69) is 15.3 Å². The first kappa shape index (κ1) is 16.4. The zero-order chi connectivity index (χ0) is 16.9. The van der Waals surface area contributed by atoms with Crippen LogP contribution in [0.2, 0.25) is 5.02 Å². The summed E-state index contributed by atoms with van der Waals surface area (Å²) in [4.78, 5) is 0. The van der Waals surface area contributed by atoms with Crippen LogP contribution in [-0.4, -0.2) is 27.7 Å². The lowest BCUT2D eigenvalue weighted by Crippen LogP contribution is -1.95. The lowest BCUT2D eigenvalue weighted by atomic mass is 10.2. The minimum atomic E-state index is 0.409. The molecule has 0 spiro atoms. The number of rotatable bonds is 5. The van der Waals surface area contributed by atoms with E-state index in [1.807, 2.05) is 49.4 Å². The Morgan fingerprint density at radius 3 is 2.79 bits per heavy atom. The number of hydrogen-bond donors (Lipinski definition) is 1. The predicted octanol–water partition coefficient (Wildman–Crippen LogP) is 4.54. The van der Waals surface area contributed by atoms with Crippen molar-refractivity contribution in [2.24, 2.45) is 5.10 Å². The van der Waals surface area contributed by atoms with Gasteiger partial charge in [-0.15, -0.1) is 0 Å². The number of aromatic nitrogens is 3. The number of ether oxygens (including phenoxy) is 1. The molecule has 122 valence electrons. The summed E-state index contributed by atoms with van der Waals surface area (Å²) in [7, 11) is 0. The third-order valence-electron chi connectivity index (χ3n) is 3.25. The predicted molar refractivity (Wildman–Crippen MR) is 98.5 cm³/mol. The molecule has 0 saturated heterocycles. The highest BCUT2D eigenvalue weighted by Crippen LogP contribution is 2.21. The van der Waals surface area contributed by atoms with E-state index in [4.69, 9.17) is 28.6 Å². The molecule has 1 N–H and O–H groups in total. The van der Waals surface area contributed by atoms with E-state index in [9.17, 15) is 0 Å². The number of nitrogens with zero attached hydrogens (tertiary/aromatic N) is 3. The Kier molecular flexibility index (Phi) is 5.08. The smallest absolute Gasteiger partial charge is 0.216 e. The van der Waals surface area contributed by atoms with E-state index in [-0.39, 0.29) is 0 Å². The van der Waals surface area contributed by atoms with Crippen LogP contribution in [0.5, 0.6) is 5.75 Å². The van der Waals surface area contributed by atoms with Gasteiger partial charge in [-0.05, 0) is 61.1 Å². The van der Waals surface area contributed by atoms with Crippen molar-refractivity contribution in [3.8, 4) is 17.1 Å². The standard InChI is InChI=1S/C17H15ClN4OS/c1-2-23-15-8-6-12(7-9-15)11-19-22-16(20-21-17(22)24)13-4-3-5-14(18)10-13/h3-11H,2H2,1H3,(H,21,24)/b19-11-. The SMILES string of the molecule is CCOc1ccc(/C=N\n2c(-c3cccc(Cl)c3)n[nH]c2=S)cc1. The molecule has 2 aromatic carbocycles. The van der Waals surface area contributed by atoms with Crippen molar-refractivity contribution in [2.45, 2.75) is 6.92 Å². The molecule has 0 amide bonds. The molecule has 1 heterocycles.